The molecule has 0 saturated carbocycles. The molecule has 26 heavy (non-hydrogen) atoms. The lowest BCUT2D eigenvalue weighted by molar-refractivity contribution is -0.121. The minimum Gasteiger partial charge on any atom is -0.374 e. The summed E-state index contributed by atoms with van der Waals surface area (Å²) in [6, 6.07) is 13.1. The van der Waals surface area contributed by atoms with E-state index in [2.05, 4.69) is 10.6 Å². The average Bonchev–Trinajstić information content (AvgIpc) is 3.07. The Morgan fingerprint density at radius 3 is 2.46 bits per heavy atom. The molecule has 1 aliphatic rings. The number of carbonyl (C=O) groups excluding carboxylic acids is 2. The van der Waals surface area contributed by atoms with E-state index in [1.807, 2.05) is 24.3 Å². The summed E-state index contributed by atoms with van der Waals surface area (Å²) in [5.74, 6) is -0.290. The Morgan fingerprint density at radius 1 is 1.15 bits per heavy atom. The van der Waals surface area contributed by atoms with Crippen molar-refractivity contribution in [3.05, 3.63) is 59.9 Å². The van der Waals surface area contributed by atoms with Crippen LogP contribution in [-0.4, -0.2) is 24.4 Å². The Balaban J connectivity index is 1.51. The van der Waals surface area contributed by atoms with Crippen molar-refractivity contribution in [2.45, 2.75) is 32.4 Å². The van der Waals surface area contributed by atoms with E-state index in [1.165, 1.54) is 12.1 Å². The quantitative estimate of drug-likeness (QED) is 0.837. The minimum atomic E-state index is -0.422. The largest absolute Gasteiger partial charge is 0.374 e. The Morgan fingerprint density at radius 2 is 1.85 bits per heavy atom. The van der Waals surface area contributed by atoms with Crippen LogP contribution in [0.3, 0.4) is 0 Å². The van der Waals surface area contributed by atoms with Crippen molar-refractivity contribution in [1.29, 1.82) is 0 Å². The summed E-state index contributed by atoms with van der Waals surface area (Å²) in [7, 11) is 0. The van der Waals surface area contributed by atoms with Crippen LogP contribution < -0.4 is 15.5 Å². The molecule has 1 saturated heterocycles. The van der Waals surface area contributed by atoms with Crippen molar-refractivity contribution < 1.29 is 14.0 Å². The Bertz CT molecular complexity index is 775. The Kier molecular flexibility index (Phi) is 5.51. The molecule has 1 aliphatic heterocycles. The second kappa shape index (κ2) is 7.99. The van der Waals surface area contributed by atoms with E-state index in [-0.39, 0.29) is 17.6 Å². The van der Waals surface area contributed by atoms with Gasteiger partial charge in [-0.2, -0.15) is 0 Å². The summed E-state index contributed by atoms with van der Waals surface area (Å²) in [5.41, 5.74) is 2.53. The second-order valence-corrected chi connectivity index (χ2v) is 6.41. The zero-order valence-corrected chi connectivity index (χ0v) is 14.7. The number of benzene rings is 2. The van der Waals surface area contributed by atoms with Gasteiger partial charge in [0.05, 0.1) is 0 Å². The highest BCUT2D eigenvalue weighted by Crippen LogP contribution is 2.23. The van der Waals surface area contributed by atoms with Gasteiger partial charge < -0.3 is 15.5 Å². The molecule has 1 fully saturated rings. The molecule has 2 amide bonds. The van der Waals surface area contributed by atoms with E-state index in [0.717, 1.165) is 29.9 Å². The van der Waals surface area contributed by atoms with Gasteiger partial charge in [0.15, 0.2) is 0 Å². The monoisotopic (exact) mass is 355 g/mol. The van der Waals surface area contributed by atoms with Crippen LogP contribution in [0.15, 0.2) is 48.5 Å². The number of halogens is 1. The smallest absolute Gasteiger partial charge is 0.242 e. The molecule has 2 aromatic rings. The molecule has 6 heteroatoms. The molecule has 0 aliphatic carbocycles. The predicted molar refractivity (Wildman–Crippen MR) is 99.4 cm³/mol. The van der Waals surface area contributed by atoms with Gasteiger partial charge in [-0.25, -0.2) is 4.39 Å². The highest BCUT2D eigenvalue weighted by atomic mass is 19.1. The number of nitrogens with zero attached hydrogens (tertiary/aromatic N) is 1. The topological polar surface area (TPSA) is 61.4 Å². The number of nitrogens with one attached hydrogen (secondary N) is 2. The first-order valence-corrected chi connectivity index (χ1v) is 8.72. The third kappa shape index (κ3) is 4.39. The van der Waals surface area contributed by atoms with Crippen molar-refractivity contribution >= 4 is 23.2 Å². The first-order valence-electron chi connectivity index (χ1n) is 8.72. The van der Waals surface area contributed by atoms with E-state index >= 15 is 0 Å². The fourth-order valence-corrected chi connectivity index (χ4v) is 2.92. The zero-order chi connectivity index (χ0) is 18.5. The number of anilines is 2. The molecule has 2 N–H and O–H groups in total. The first-order chi connectivity index (χ1) is 12.5. The summed E-state index contributed by atoms with van der Waals surface area (Å²) < 4.78 is 12.9. The van der Waals surface area contributed by atoms with Gasteiger partial charge in [-0.1, -0.05) is 12.1 Å². The summed E-state index contributed by atoms with van der Waals surface area (Å²) >= 11 is 0. The van der Waals surface area contributed by atoms with Crippen molar-refractivity contribution in [1.82, 2.24) is 5.32 Å². The molecule has 3 rings (SSSR count). The molecule has 5 nitrogen and oxygen atoms in total. The van der Waals surface area contributed by atoms with Crippen molar-refractivity contribution in [2.75, 3.05) is 16.8 Å². The highest BCUT2D eigenvalue weighted by Gasteiger charge is 2.21. The van der Waals surface area contributed by atoms with Gasteiger partial charge in [0.1, 0.15) is 11.9 Å². The van der Waals surface area contributed by atoms with Crippen molar-refractivity contribution in [3.8, 4) is 0 Å². The number of rotatable bonds is 6. The average molecular weight is 355 g/mol. The van der Waals surface area contributed by atoms with Crippen LogP contribution in [0.2, 0.25) is 0 Å². The molecule has 1 atom stereocenters. The third-order valence-corrected chi connectivity index (χ3v) is 4.41. The van der Waals surface area contributed by atoms with Gasteiger partial charge in [-0.15, -0.1) is 0 Å². The lowest BCUT2D eigenvalue weighted by Gasteiger charge is -2.18. The standard InChI is InChI=1S/C20H22FN3O2/c1-14(20(26)22-13-15-4-6-16(21)7-5-15)23-17-8-10-18(11-9-17)24-12-2-3-19(24)25/h4-11,14,23H,2-3,12-13H2,1H3,(H,22,26)/t14-/m0/s1. The fraction of sp³-hybridized carbons (Fsp3) is 0.300. The molecule has 0 unspecified atom stereocenters. The molecule has 0 aromatic heterocycles. The van der Waals surface area contributed by atoms with Gasteiger partial charge >= 0.3 is 0 Å². The fourth-order valence-electron chi connectivity index (χ4n) is 2.92. The highest BCUT2D eigenvalue weighted by molar-refractivity contribution is 5.95. The first kappa shape index (κ1) is 17.9. The zero-order valence-electron chi connectivity index (χ0n) is 14.7. The van der Waals surface area contributed by atoms with Gasteiger partial charge in [0, 0.05) is 30.9 Å². The molecule has 0 bridgehead atoms. The summed E-state index contributed by atoms with van der Waals surface area (Å²) in [4.78, 5) is 25.8. The van der Waals surface area contributed by atoms with Crippen LogP contribution in [0.5, 0.6) is 0 Å². The van der Waals surface area contributed by atoms with Gasteiger partial charge in [-0.05, 0) is 55.3 Å². The summed E-state index contributed by atoms with van der Waals surface area (Å²) in [6.07, 6.45) is 1.50. The molecule has 0 radical (unpaired) electrons. The maximum atomic E-state index is 12.9. The Hall–Kier alpha value is -2.89. The molecular weight excluding hydrogens is 333 g/mol. The normalized spacial score (nSPS) is 15.0. The van der Waals surface area contributed by atoms with Gasteiger partial charge in [-0.3, -0.25) is 9.59 Å². The number of amides is 2. The second-order valence-electron chi connectivity index (χ2n) is 6.41. The van der Waals surface area contributed by atoms with Crippen LogP contribution in [0.4, 0.5) is 15.8 Å². The van der Waals surface area contributed by atoms with Gasteiger partial charge in [0.2, 0.25) is 11.8 Å². The van der Waals surface area contributed by atoms with Crippen LogP contribution in [0.1, 0.15) is 25.3 Å². The van der Waals surface area contributed by atoms with E-state index in [0.29, 0.717) is 13.0 Å². The predicted octanol–water partition coefficient (Wildman–Crippen LogP) is 3.07. The minimum absolute atomic E-state index is 0.145. The lowest BCUT2D eigenvalue weighted by atomic mass is 10.2. The van der Waals surface area contributed by atoms with Crippen LogP contribution in [0, 0.1) is 5.82 Å². The molecule has 0 spiro atoms. The number of carbonyl (C=O) groups is 2. The maximum Gasteiger partial charge on any atom is 0.242 e. The molecular formula is C20H22FN3O2. The van der Waals surface area contributed by atoms with Crippen LogP contribution in [-0.2, 0) is 16.1 Å². The maximum absolute atomic E-state index is 12.9. The van der Waals surface area contributed by atoms with Crippen molar-refractivity contribution in [3.63, 3.8) is 0 Å². The number of hydrogen-bond acceptors (Lipinski definition) is 3. The number of hydrogen-bond donors (Lipinski definition) is 2. The molecule has 1 heterocycles. The van der Waals surface area contributed by atoms with Crippen molar-refractivity contribution in [2.24, 2.45) is 0 Å². The van der Waals surface area contributed by atoms with E-state index in [4.69, 9.17) is 0 Å². The van der Waals surface area contributed by atoms with Crippen LogP contribution >= 0.6 is 0 Å². The molecule has 2 aromatic carbocycles. The third-order valence-electron chi connectivity index (χ3n) is 4.41. The Labute approximate surface area is 152 Å². The summed E-state index contributed by atoms with van der Waals surface area (Å²) in [5, 5.41) is 5.96. The van der Waals surface area contributed by atoms with E-state index in [1.54, 1.807) is 24.0 Å². The van der Waals surface area contributed by atoms with Gasteiger partial charge in [0.25, 0.3) is 0 Å². The van der Waals surface area contributed by atoms with Crippen LogP contribution in [0.25, 0.3) is 0 Å². The SMILES string of the molecule is C[C@H](Nc1ccc(N2CCCC2=O)cc1)C(=O)NCc1ccc(F)cc1. The lowest BCUT2D eigenvalue weighted by Crippen LogP contribution is -2.37. The van der Waals surface area contributed by atoms with E-state index < -0.39 is 6.04 Å². The van der Waals surface area contributed by atoms with E-state index in [9.17, 15) is 14.0 Å². The summed E-state index contributed by atoms with van der Waals surface area (Å²) in [6.45, 7) is 2.88. The molecule has 136 valence electrons.